The van der Waals surface area contributed by atoms with Crippen LogP contribution in [0.3, 0.4) is 0 Å². The van der Waals surface area contributed by atoms with E-state index in [1.54, 1.807) is 0 Å². The summed E-state index contributed by atoms with van der Waals surface area (Å²) in [6.45, 7) is 0.375. The van der Waals surface area contributed by atoms with Crippen LogP contribution >= 0.6 is 0 Å². The molecule has 5 heteroatoms. The van der Waals surface area contributed by atoms with Crippen molar-refractivity contribution in [1.82, 2.24) is 0 Å². The third kappa shape index (κ3) is 4320. The normalized spacial score (nSPS) is 5.75. The monoisotopic (exact) mass is 121 g/mol. The van der Waals surface area contributed by atoms with Gasteiger partial charge in [-0.1, -0.05) is 0 Å². The van der Waals surface area contributed by atoms with Gasteiger partial charge in [0, 0.05) is 4.92 Å². The van der Waals surface area contributed by atoms with Gasteiger partial charge < -0.3 is 4.74 Å². The molecule has 0 atom stereocenters. The van der Waals surface area contributed by atoms with Gasteiger partial charge in [-0.2, -0.15) is 0 Å². The molecule has 0 aromatic carbocycles. The lowest BCUT2D eigenvalue weighted by molar-refractivity contribution is -0.445. The maximum Gasteiger partial charge on any atom is 0.292 e. The number of hydrogen-bond donors (Lipinski definition) is 0. The van der Waals surface area contributed by atoms with Gasteiger partial charge in [0.1, 0.15) is 0 Å². The van der Waals surface area contributed by atoms with Gasteiger partial charge >= 0.3 is 0 Å². The number of carbonyl (C=O) groups is 1. The zero-order valence-corrected chi connectivity index (χ0v) is 4.66. The van der Waals surface area contributed by atoms with Gasteiger partial charge in [0.15, 0.2) is 7.05 Å². The van der Waals surface area contributed by atoms with Crippen LogP contribution in [0.2, 0.25) is 0 Å². The van der Waals surface area contributed by atoms with Crippen LogP contribution in [0, 0.1) is 10.1 Å². The Hall–Kier alpha value is -1.13. The average Bonchev–Trinajstić information content (AvgIpc) is 1.65. The van der Waals surface area contributed by atoms with E-state index in [9.17, 15) is 0 Å². The second kappa shape index (κ2) is 9.30. The number of nitro groups is 1. The Morgan fingerprint density at radius 2 is 1.88 bits per heavy atom. The van der Waals surface area contributed by atoms with Gasteiger partial charge in [-0.25, -0.2) is 0 Å². The van der Waals surface area contributed by atoms with Gasteiger partial charge in [-0.3, -0.25) is 14.9 Å². The molecule has 0 fully saturated rings. The molecule has 0 aromatic heterocycles. The van der Waals surface area contributed by atoms with Crippen molar-refractivity contribution in [2.75, 3.05) is 14.2 Å². The van der Waals surface area contributed by atoms with E-state index in [-0.39, 0.29) is 0 Å². The molecule has 0 bridgehead atoms. The summed E-state index contributed by atoms with van der Waals surface area (Å²) in [6.07, 6.45) is 0. The molecule has 0 aliphatic rings. The number of rotatable bonds is 1. The highest BCUT2D eigenvalue weighted by Gasteiger charge is 1.57. The number of methoxy groups -OCH3 is 1. The Balaban J connectivity index is 0. The Kier molecular flexibility index (Phi) is 11.6. The van der Waals surface area contributed by atoms with Crippen molar-refractivity contribution in [2.24, 2.45) is 0 Å². The quantitative estimate of drug-likeness (QED) is 0.271. The van der Waals surface area contributed by atoms with Crippen molar-refractivity contribution in [3.05, 3.63) is 10.1 Å². The van der Waals surface area contributed by atoms with Crippen molar-refractivity contribution in [2.45, 2.75) is 0 Å². The predicted molar refractivity (Wildman–Crippen MR) is 26.0 cm³/mol. The second-order valence-electron chi connectivity index (χ2n) is 0.772. The molecular weight excluding hydrogens is 114 g/mol. The third-order valence-electron chi connectivity index (χ3n) is 0.0962. The van der Waals surface area contributed by atoms with E-state index in [1.165, 1.54) is 7.11 Å². The zero-order chi connectivity index (χ0) is 6.99. The van der Waals surface area contributed by atoms with Crippen molar-refractivity contribution in [1.29, 1.82) is 0 Å². The van der Waals surface area contributed by atoms with E-state index in [0.29, 0.717) is 6.47 Å². The van der Waals surface area contributed by atoms with Crippen LogP contribution in [0.5, 0.6) is 0 Å². The van der Waals surface area contributed by atoms with Crippen molar-refractivity contribution < 1.29 is 14.5 Å². The van der Waals surface area contributed by atoms with Gasteiger partial charge in [0.25, 0.3) is 6.47 Å². The zero-order valence-electron chi connectivity index (χ0n) is 4.66. The highest BCUT2D eigenvalue weighted by molar-refractivity contribution is 5.36. The molecule has 0 spiro atoms. The number of hydrogen-bond acceptors (Lipinski definition) is 4. The van der Waals surface area contributed by atoms with Crippen molar-refractivity contribution in [3.8, 4) is 0 Å². The number of ether oxygens (including phenoxy) is 1. The van der Waals surface area contributed by atoms with Crippen LogP contribution in [0.4, 0.5) is 0 Å². The summed E-state index contributed by atoms with van der Waals surface area (Å²) >= 11 is 0. The van der Waals surface area contributed by atoms with E-state index in [1.807, 2.05) is 0 Å². The molecular formula is C3H7NO4. The summed E-state index contributed by atoms with van der Waals surface area (Å²) in [5.74, 6) is 0. The van der Waals surface area contributed by atoms with Gasteiger partial charge in [0.05, 0.1) is 7.11 Å². The molecule has 0 aliphatic carbocycles. The first kappa shape index (κ1) is 9.98. The Labute approximate surface area is 46.4 Å². The predicted octanol–water partition coefficient (Wildman–Crippen LogP) is -0.318. The second-order valence-corrected chi connectivity index (χ2v) is 0.772. The Morgan fingerprint density at radius 1 is 1.75 bits per heavy atom. The first-order valence-electron chi connectivity index (χ1n) is 1.69. The van der Waals surface area contributed by atoms with E-state index >= 15 is 0 Å². The number of nitrogens with zero attached hydrogens (tertiary/aromatic N) is 1. The van der Waals surface area contributed by atoms with Gasteiger partial charge in [-0.15, -0.1) is 0 Å². The van der Waals surface area contributed by atoms with E-state index in [0.717, 1.165) is 7.05 Å². The van der Waals surface area contributed by atoms with Gasteiger partial charge in [0.2, 0.25) is 0 Å². The lowest BCUT2D eigenvalue weighted by Gasteiger charge is -1.67. The molecule has 0 heterocycles. The highest BCUT2D eigenvalue weighted by atomic mass is 16.6. The average molecular weight is 121 g/mol. The summed E-state index contributed by atoms with van der Waals surface area (Å²) in [4.78, 5) is 17.3. The SMILES string of the molecule is COC=O.C[N+](=O)[O-]. The van der Waals surface area contributed by atoms with Crippen LogP contribution in [-0.2, 0) is 9.53 Å². The minimum Gasteiger partial charge on any atom is -0.471 e. The molecule has 0 radical (unpaired) electrons. The van der Waals surface area contributed by atoms with Crippen LogP contribution < -0.4 is 0 Å². The van der Waals surface area contributed by atoms with E-state index < -0.39 is 4.92 Å². The molecule has 0 N–H and O–H groups in total. The lowest BCUT2D eigenvalue weighted by atomic mass is 11.5. The fraction of sp³-hybridized carbons (Fsp3) is 0.667. The summed E-state index contributed by atoms with van der Waals surface area (Å²) < 4.78 is 3.86. The number of carbonyl (C=O) groups excluding carboxylic acids is 1. The first-order valence-corrected chi connectivity index (χ1v) is 1.69. The summed E-state index contributed by atoms with van der Waals surface area (Å²) in [6, 6.07) is 0. The molecule has 0 saturated carbocycles. The fourth-order valence-corrected chi connectivity index (χ4v) is 0. The topological polar surface area (TPSA) is 69.4 Å². The van der Waals surface area contributed by atoms with Crippen molar-refractivity contribution >= 4 is 6.47 Å². The molecule has 5 nitrogen and oxygen atoms in total. The highest BCUT2D eigenvalue weighted by Crippen LogP contribution is 1.39. The van der Waals surface area contributed by atoms with E-state index in [4.69, 9.17) is 14.9 Å². The molecule has 0 unspecified atom stereocenters. The molecule has 0 aliphatic heterocycles. The molecule has 0 aromatic rings. The standard InChI is InChI=1S/C2H4O2.CH3NO2/c1-4-2-3;1-2(3)4/h2H,1H3;1H3. The van der Waals surface area contributed by atoms with Crippen LogP contribution in [0.1, 0.15) is 0 Å². The van der Waals surface area contributed by atoms with Crippen LogP contribution in [0.15, 0.2) is 0 Å². The molecule has 0 amide bonds. The smallest absolute Gasteiger partial charge is 0.292 e. The minimum atomic E-state index is -0.500. The van der Waals surface area contributed by atoms with Crippen LogP contribution in [0.25, 0.3) is 0 Å². The minimum absolute atomic E-state index is 0.375. The Bertz CT molecular complexity index is 67.7. The summed E-state index contributed by atoms with van der Waals surface area (Å²) in [5, 5.41) is 8.81. The van der Waals surface area contributed by atoms with Gasteiger partial charge in [-0.05, 0) is 0 Å². The third-order valence-corrected chi connectivity index (χ3v) is 0.0962. The first-order chi connectivity index (χ1) is 3.65. The Morgan fingerprint density at radius 3 is 1.88 bits per heavy atom. The van der Waals surface area contributed by atoms with Crippen LogP contribution in [-0.4, -0.2) is 25.6 Å². The largest absolute Gasteiger partial charge is 0.471 e. The van der Waals surface area contributed by atoms with E-state index in [2.05, 4.69) is 4.74 Å². The summed E-state index contributed by atoms with van der Waals surface area (Å²) in [7, 11) is 2.20. The summed E-state index contributed by atoms with van der Waals surface area (Å²) in [5.41, 5.74) is 0. The van der Waals surface area contributed by atoms with Crippen molar-refractivity contribution in [3.63, 3.8) is 0 Å². The molecule has 48 valence electrons. The maximum atomic E-state index is 8.95. The fourth-order valence-electron chi connectivity index (χ4n) is 0. The lowest BCUT2D eigenvalue weighted by Crippen LogP contribution is -1.79. The molecule has 0 rings (SSSR count). The molecule has 0 saturated heterocycles. The molecule has 8 heavy (non-hydrogen) atoms. The maximum absolute atomic E-state index is 8.95.